The first kappa shape index (κ1) is 11.2. The first-order valence-corrected chi connectivity index (χ1v) is 6.99. The van der Waals surface area contributed by atoms with Crippen molar-refractivity contribution in [3.8, 4) is 0 Å². The highest BCUT2D eigenvalue weighted by molar-refractivity contribution is 5.96. The fourth-order valence-corrected chi connectivity index (χ4v) is 4.07. The van der Waals surface area contributed by atoms with Crippen LogP contribution in [0.4, 0.5) is 0 Å². The second kappa shape index (κ2) is 3.09. The van der Waals surface area contributed by atoms with Crippen LogP contribution in [0.2, 0.25) is 0 Å². The molecule has 1 aliphatic carbocycles. The number of aromatic nitrogens is 2. The van der Waals surface area contributed by atoms with Crippen LogP contribution >= 0.6 is 0 Å². The van der Waals surface area contributed by atoms with E-state index in [2.05, 4.69) is 20.8 Å². The van der Waals surface area contributed by atoms with E-state index in [1.807, 2.05) is 28.8 Å². The van der Waals surface area contributed by atoms with E-state index < -0.39 is 0 Å². The van der Waals surface area contributed by atoms with Crippen molar-refractivity contribution in [2.45, 2.75) is 39.5 Å². The normalized spacial score (nSPS) is 31.7. The molecular weight excluding hydrogens is 236 g/mol. The monoisotopic (exact) mass is 254 g/mol. The summed E-state index contributed by atoms with van der Waals surface area (Å²) in [5.74, 6) is 1.60. The number of carbonyl (C=O) groups excluding carboxylic acids is 1. The van der Waals surface area contributed by atoms with Gasteiger partial charge in [0.15, 0.2) is 0 Å². The van der Waals surface area contributed by atoms with Crippen molar-refractivity contribution in [1.82, 2.24) is 9.55 Å². The van der Waals surface area contributed by atoms with Gasteiger partial charge in [0.05, 0.1) is 16.4 Å². The highest BCUT2D eigenvalue weighted by Gasteiger charge is 2.61. The van der Waals surface area contributed by atoms with Crippen LogP contribution in [0.25, 0.3) is 11.0 Å². The molecule has 2 bridgehead atoms. The van der Waals surface area contributed by atoms with Gasteiger partial charge in [-0.2, -0.15) is 0 Å². The molecule has 1 saturated carbocycles. The second-order valence-corrected chi connectivity index (χ2v) is 6.74. The summed E-state index contributed by atoms with van der Waals surface area (Å²) in [6, 6.07) is 7.97. The zero-order valence-electron chi connectivity index (χ0n) is 11.6. The molecule has 2 aliphatic rings. The van der Waals surface area contributed by atoms with E-state index in [1.54, 1.807) is 0 Å². The van der Waals surface area contributed by atoms with E-state index >= 15 is 0 Å². The molecule has 2 atom stereocenters. The molecule has 1 aliphatic heterocycles. The quantitative estimate of drug-likeness (QED) is 0.720. The van der Waals surface area contributed by atoms with Gasteiger partial charge in [0, 0.05) is 5.92 Å². The Hall–Kier alpha value is -1.64. The maximum atomic E-state index is 13.0. The van der Waals surface area contributed by atoms with Gasteiger partial charge in [-0.25, -0.2) is 4.98 Å². The molecule has 0 spiro atoms. The lowest BCUT2D eigenvalue weighted by Crippen LogP contribution is -2.47. The Kier molecular flexibility index (Phi) is 1.82. The van der Waals surface area contributed by atoms with Gasteiger partial charge in [0.2, 0.25) is 5.91 Å². The van der Waals surface area contributed by atoms with E-state index in [0.29, 0.717) is 5.92 Å². The number of hydrogen-bond donors (Lipinski definition) is 0. The van der Waals surface area contributed by atoms with E-state index in [4.69, 9.17) is 4.98 Å². The molecule has 19 heavy (non-hydrogen) atoms. The molecule has 1 aromatic heterocycles. The first-order valence-electron chi connectivity index (χ1n) is 6.99. The molecule has 1 aromatic carbocycles. The minimum atomic E-state index is -0.256. The Bertz CT molecular complexity index is 713. The van der Waals surface area contributed by atoms with Gasteiger partial charge in [-0.3, -0.25) is 9.36 Å². The van der Waals surface area contributed by atoms with Crippen molar-refractivity contribution in [2.75, 3.05) is 0 Å². The Morgan fingerprint density at radius 1 is 1.26 bits per heavy atom. The Labute approximate surface area is 112 Å². The van der Waals surface area contributed by atoms with Crippen molar-refractivity contribution in [3.63, 3.8) is 0 Å². The summed E-state index contributed by atoms with van der Waals surface area (Å²) in [7, 11) is 0. The fraction of sp³-hybridized carbons (Fsp3) is 0.500. The van der Waals surface area contributed by atoms with E-state index in [-0.39, 0.29) is 16.7 Å². The highest BCUT2D eigenvalue weighted by atomic mass is 16.2. The number of nitrogens with zero attached hydrogens (tertiary/aromatic N) is 2. The van der Waals surface area contributed by atoms with Crippen molar-refractivity contribution >= 4 is 16.9 Å². The summed E-state index contributed by atoms with van der Waals surface area (Å²) < 4.78 is 1.89. The molecule has 3 heteroatoms. The van der Waals surface area contributed by atoms with Gasteiger partial charge in [0.1, 0.15) is 5.82 Å². The van der Waals surface area contributed by atoms with Gasteiger partial charge < -0.3 is 0 Å². The summed E-state index contributed by atoms with van der Waals surface area (Å²) >= 11 is 0. The maximum Gasteiger partial charge on any atom is 0.239 e. The second-order valence-electron chi connectivity index (χ2n) is 6.74. The molecule has 1 fully saturated rings. The average molecular weight is 254 g/mol. The summed E-state index contributed by atoms with van der Waals surface area (Å²) in [5.41, 5.74) is 1.66. The molecule has 0 unspecified atom stereocenters. The summed E-state index contributed by atoms with van der Waals surface area (Å²) in [6.07, 6.45) is 2.04. The van der Waals surface area contributed by atoms with Gasteiger partial charge in [-0.1, -0.05) is 32.9 Å². The third-order valence-electron chi connectivity index (χ3n) is 5.80. The Morgan fingerprint density at radius 2 is 2.00 bits per heavy atom. The van der Waals surface area contributed by atoms with Gasteiger partial charge in [-0.15, -0.1) is 0 Å². The lowest BCUT2D eigenvalue weighted by atomic mass is 9.63. The van der Waals surface area contributed by atoms with Crippen molar-refractivity contribution in [2.24, 2.45) is 10.8 Å². The Balaban J connectivity index is 2.11. The largest absolute Gasteiger partial charge is 0.273 e. The zero-order valence-corrected chi connectivity index (χ0v) is 11.6. The van der Waals surface area contributed by atoms with E-state index in [9.17, 15) is 4.79 Å². The number of para-hydroxylation sites is 2. The lowest BCUT2D eigenvalue weighted by Gasteiger charge is -2.44. The molecule has 0 amide bonds. The minimum Gasteiger partial charge on any atom is -0.273 e. The average Bonchev–Trinajstić information content (AvgIpc) is 2.82. The van der Waals surface area contributed by atoms with Crippen molar-refractivity contribution in [3.05, 3.63) is 30.1 Å². The van der Waals surface area contributed by atoms with E-state index in [0.717, 1.165) is 29.7 Å². The fourth-order valence-electron chi connectivity index (χ4n) is 4.07. The van der Waals surface area contributed by atoms with Crippen LogP contribution in [-0.2, 0) is 0 Å². The molecule has 2 aromatic rings. The van der Waals surface area contributed by atoms with Crippen molar-refractivity contribution < 1.29 is 4.79 Å². The number of hydrogen-bond acceptors (Lipinski definition) is 2. The highest BCUT2D eigenvalue weighted by Crippen LogP contribution is 2.63. The minimum absolute atomic E-state index is 0.00145. The smallest absolute Gasteiger partial charge is 0.239 e. The van der Waals surface area contributed by atoms with Crippen LogP contribution in [0.5, 0.6) is 0 Å². The van der Waals surface area contributed by atoms with Crippen LogP contribution in [-0.4, -0.2) is 15.5 Å². The van der Waals surface area contributed by atoms with Gasteiger partial charge in [0.25, 0.3) is 0 Å². The maximum absolute atomic E-state index is 13.0. The first-order chi connectivity index (χ1) is 8.97. The predicted molar refractivity (Wildman–Crippen MR) is 74.2 cm³/mol. The molecule has 0 saturated heterocycles. The summed E-state index contributed by atoms with van der Waals surface area (Å²) in [6.45, 7) is 6.59. The molecule has 98 valence electrons. The van der Waals surface area contributed by atoms with Crippen LogP contribution in [0.15, 0.2) is 24.3 Å². The topological polar surface area (TPSA) is 34.9 Å². The van der Waals surface area contributed by atoms with Crippen LogP contribution in [0.1, 0.15) is 50.1 Å². The summed E-state index contributed by atoms with van der Waals surface area (Å²) in [5, 5.41) is 0. The molecular formula is C16H18N2O. The van der Waals surface area contributed by atoms with Crippen LogP contribution < -0.4 is 0 Å². The van der Waals surface area contributed by atoms with E-state index in [1.165, 1.54) is 0 Å². The van der Waals surface area contributed by atoms with Crippen LogP contribution in [0, 0.1) is 10.8 Å². The molecule has 0 radical (unpaired) electrons. The number of imidazole rings is 1. The molecule has 3 nitrogen and oxygen atoms in total. The number of benzene rings is 1. The van der Waals surface area contributed by atoms with Gasteiger partial charge in [-0.05, 0) is 30.4 Å². The van der Waals surface area contributed by atoms with Gasteiger partial charge >= 0.3 is 0 Å². The third-order valence-corrected chi connectivity index (χ3v) is 5.80. The number of carbonyl (C=O) groups is 1. The molecule has 4 rings (SSSR count). The predicted octanol–water partition coefficient (Wildman–Crippen LogP) is 3.60. The summed E-state index contributed by atoms with van der Waals surface area (Å²) in [4.78, 5) is 17.8. The molecule has 2 heterocycles. The Morgan fingerprint density at radius 3 is 2.79 bits per heavy atom. The van der Waals surface area contributed by atoms with Crippen molar-refractivity contribution in [1.29, 1.82) is 0 Å². The number of rotatable bonds is 0. The standard InChI is InChI=1S/C16H18N2O/c1-15(2)10-8-9-16(15,3)14(19)18-12-7-5-4-6-11(12)17-13(10)18/h4-7,10H,8-9H2,1-3H3/t10-,16-/m0/s1. The zero-order chi connectivity index (χ0) is 13.4. The lowest BCUT2D eigenvalue weighted by molar-refractivity contribution is 0.0413. The van der Waals surface area contributed by atoms with Crippen LogP contribution in [0.3, 0.4) is 0 Å². The molecule has 0 N–H and O–H groups in total. The third kappa shape index (κ3) is 1.06. The number of fused-ring (bicyclic) bond motifs is 6. The SMILES string of the molecule is CC1(C)[C@H]2CC[C@@]1(C)C(=O)n1c2nc2ccccc21.